The fourth-order valence-electron chi connectivity index (χ4n) is 2.26. The number of rotatable bonds is 4. The van der Waals surface area contributed by atoms with Crippen LogP contribution in [0.2, 0.25) is 0 Å². The van der Waals surface area contributed by atoms with Crippen molar-refractivity contribution >= 4 is 11.9 Å². The Bertz CT molecular complexity index is 355. The van der Waals surface area contributed by atoms with Crippen LogP contribution in [0.3, 0.4) is 0 Å². The van der Waals surface area contributed by atoms with Gasteiger partial charge in [-0.1, -0.05) is 26.8 Å². The predicted octanol–water partition coefficient (Wildman–Crippen LogP) is 2.69. The molecule has 0 aromatic carbocycles. The van der Waals surface area contributed by atoms with Gasteiger partial charge in [0.05, 0.1) is 0 Å². The third-order valence-corrected chi connectivity index (χ3v) is 3.32. The van der Waals surface area contributed by atoms with E-state index in [4.69, 9.17) is 5.11 Å². The summed E-state index contributed by atoms with van der Waals surface area (Å²) in [5.41, 5.74) is 0.00809. The summed E-state index contributed by atoms with van der Waals surface area (Å²) < 4.78 is 0. The van der Waals surface area contributed by atoms with Crippen molar-refractivity contribution in [1.82, 2.24) is 4.90 Å². The molecule has 1 atom stereocenters. The Kier molecular flexibility index (Phi) is 5.58. The van der Waals surface area contributed by atoms with Gasteiger partial charge in [0.15, 0.2) is 0 Å². The molecule has 1 amide bonds. The molecule has 4 heteroatoms. The Morgan fingerprint density at radius 1 is 1.37 bits per heavy atom. The van der Waals surface area contributed by atoms with Crippen molar-refractivity contribution in [3.05, 3.63) is 12.2 Å². The maximum absolute atomic E-state index is 12.1. The second-order valence-electron chi connectivity index (χ2n) is 6.42. The summed E-state index contributed by atoms with van der Waals surface area (Å²) in [6.07, 6.45) is 6.45. The van der Waals surface area contributed by atoms with Gasteiger partial charge < -0.3 is 10.0 Å². The number of aliphatic carboxylic acids is 1. The van der Waals surface area contributed by atoms with Crippen LogP contribution in [-0.4, -0.2) is 35.0 Å². The SMILES string of the molecule is CC(C)(C)/C=C/C(=O)N1CCCC(CCC(=O)O)C1. The summed E-state index contributed by atoms with van der Waals surface area (Å²) in [6.45, 7) is 7.66. The first-order valence-electron chi connectivity index (χ1n) is 6.98. The number of carboxylic acids is 1. The lowest BCUT2D eigenvalue weighted by Gasteiger charge is -2.32. The van der Waals surface area contributed by atoms with Crippen LogP contribution in [0.15, 0.2) is 12.2 Å². The lowest BCUT2D eigenvalue weighted by molar-refractivity contribution is -0.137. The minimum absolute atomic E-state index is 0.00809. The van der Waals surface area contributed by atoms with Gasteiger partial charge in [0.1, 0.15) is 0 Å². The molecule has 1 heterocycles. The Hall–Kier alpha value is -1.32. The van der Waals surface area contributed by atoms with Crippen molar-refractivity contribution in [2.45, 2.75) is 46.5 Å². The van der Waals surface area contributed by atoms with E-state index in [1.807, 2.05) is 11.0 Å². The molecule has 1 N–H and O–H groups in total. The quantitative estimate of drug-likeness (QED) is 0.797. The number of amides is 1. The fourth-order valence-corrected chi connectivity index (χ4v) is 2.26. The van der Waals surface area contributed by atoms with E-state index in [0.29, 0.717) is 18.9 Å². The van der Waals surface area contributed by atoms with Gasteiger partial charge >= 0.3 is 5.97 Å². The zero-order chi connectivity index (χ0) is 14.5. The molecule has 4 nitrogen and oxygen atoms in total. The number of nitrogens with zero attached hydrogens (tertiary/aromatic N) is 1. The molecule has 1 unspecified atom stereocenters. The number of likely N-dealkylation sites (tertiary alicyclic amines) is 1. The van der Waals surface area contributed by atoms with E-state index in [2.05, 4.69) is 20.8 Å². The van der Waals surface area contributed by atoms with Crippen molar-refractivity contribution in [3.63, 3.8) is 0 Å². The van der Waals surface area contributed by atoms with Crippen molar-refractivity contribution < 1.29 is 14.7 Å². The molecule has 108 valence electrons. The molecule has 0 saturated carbocycles. The standard InChI is InChI=1S/C15H25NO3/c1-15(2,3)9-8-13(17)16-10-4-5-12(11-16)6-7-14(18)19/h8-9,12H,4-7,10-11H2,1-3H3,(H,18,19)/b9-8+. The minimum Gasteiger partial charge on any atom is -0.481 e. The van der Waals surface area contributed by atoms with Crippen LogP contribution in [0.5, 0.6) is 0 Å². The highest BCUT2D eigenvalue weighted by Crippen LogP contribution is 2.22. The first-order chi connectivity index (χ1) is 8.78. The molecular formula is C15H25NO3. The van der Waals surface area contributed by atoms with E-state index in [1.54, 1.807) is 6.08 Å². The molecule has 1 fully saturated rings. The number of hydrogen-bond acceptors (Lipinski definition) is 2. The van der Waals surface area contributed by atoms with Gasteiger partial charge in [0.25, 0.3) is 0 Å². The van der Waals surface area contributed by atoms with Gasteiger partial charge in [-0.05, 0) is 36.7 Å². The maximum atomic E-state index is 12.1. The number of carboxylic acid groups (broad SMARTS) is 1. The average Bonchev–Trinajstić information content (AvgIpc) is 2.33. The van der Waals surface area contributed by atoms with E-state index in [1.165, 1.54) is 0 Å². The van der Waals surface area contributed by atoms with E-state index in [-0.39, 0.29) is 17.7 Å². The number of piperidine rings is 1. The van der Waals surface area contributed by atoms with Crippen LogP contribution in [0.25, 0.3) is 0 Å². The zero-order valence-electron chi connectivity index (χ0n) is 12.2. The average molecular weight is 267 g/mol. The van der Waals surface area contributed by atoms with Crippen LogP contribution >= 0.6 is 0 Å². The summed E-state index contributed by atoms with van der Waals surface area (Å²) in [5.74, 6) is -0.372. The van der Waals surface area contributed by atoms with E-state index < -0.39 is 5.97 Å². The Morgan fingerprint density at radius 3 is 2.63 bits per heavy atom. The van der Waals surface area contributed by atoms with Crippen LogP contribution in [0.1, 0.15) is 46.5 Å². The maximum Gasteiger partial charge on any atom is 0.303 e. The van der Waals surface area contributed by atoms with Crippen molar-refractivity contribution in [1.29, 1.82) is 0 Å². The van der Waals surface area contributed by atoms with Gasteiger partial charge in [0.2, 0.25) is 5.91 Å². The van der Waals surface area contributed by atoms with Gasteiger partial charge in [-0.3, -0.25) is 9.59 Å². The van der Waals surface area contributed by atoms with Crippen LogP contribution < -0.4 is 0 Å². The molecule has 1 saturated heterocycles. The summed E-state index contributed by atoms with van der Waals surface area (Å²) in [7, 11) is 0. The lowest BCUT2D eigenvalue weighted by atomic mass is 9.93. The highest BCUT2D eigenvalue weighted by atomic mass is 16.4. The third-order valence-electron chi connectivity index (χ3n) is 3.32. The Balaban J connectivity index is 2.47. The highest BCUT2D eigenvalue weighted by molar-refractivity contribution is 5.87. The largest absolute Gasteiger partial charge is 0.481 e. The van der Waals surface area contributed by atoms with E-state index in [9.17, 15) is 9.59 Å². The molecule has 19 heavy (non-hydrogen) atoms. The molecular weight excluding hydrogens is 242 g/mol. The number of hydrogen-bond donors (Lipinski definition) is 1. The van der Waals surface area contributed by atoms with Crippen LogP contribution in [0.4, 0.5) is 0 Å². The number of carbonyl (C=O) groups excluding carboxylic acids is 1. The van der Waals surface area contributed by atoms with E-state index >= 15 is 0 Å². The predicted molar refractivity (Wildman–Crippen MR) is 74.8 cm³/mol. The van der Waals surface area contributed by atoms with Crippen molar-refractivity contribution in [3.8, 4) is 0 Å². The second-order valence-corrected chi connectivity index (χ2v) is 6.42. The van der Waals surface area contributed by atoms with Gasteiger partial charge in [0, 0.05) is 19.5 Å². The monoisotopic (exact) mass is 267 g/mol. The fraction of sp³-hybridized carbons (Fsp3) is 0.733. The van der Waals surface area contributed by atoms with Gasteiger partial charge in [-0.2, -0.15) is 0 Å². The van der Waals surface area contributed by atoms with Crippen LogP contribution in [0, 0.1) is 11.3 Å². The summed E-state index contributed by atoms with van der Waals surface area (Å²) in [6, 6.07) is 0. The molecule has 0 aromatic heterocycles. The summed E-state index contributed by atoms with van der Waals surface area (Å²) in [4.78, 5) is 24.5. The molecule has 1 aliphatic rings. The topological polar surface area (TPSA) is 57.6 Å². The smallest absolute Gasteiger partial charge is 0.303 e. The Labute approximate surface area is 115 Å². The summed E-state index contributed by atoms with van der Waals surface area (Å²) >= 11 is 0. The molecule has 1 rings (SSSR count). The normalized spacial score (nSPS) is 20.8. The Morgan fingerprint density at radius 2 is 2.05 bits per heavy atom. The van der Waals surface area contributed by atoms with Gasteiger partial charge in [-0.25, -0.2) is 0 Å². The van der Waals surface area contributed by atoms with Crippen molar-refractivity contribution in [2.24, 2.45) is 11.3 Å². The van der Waals surface area contributed by atoms with Crippen molar-refractivity contribution in [2.75, 3.05) is 13.1 Å². The molecule has 0 aromatic rings. The molecule has 1 aliphatic heterocycles. The number of allylic oxidation sites excluding steroid dienone is 1. The minimum atomic E-state index is -0.754. The number of carbonyl (C=O) groups is 2. The zero-order valence-corrected chi connectivity index (χ0v) is 12.2. The van der Waals surface area contributed by atoms with Crippen LogP contribution in [-0.2, 0) is 9.59 Å². The lowest BCUT2D eigenvalue weighted by Crippen LogP contribution is -2.39. The molecule has 0 aliphatic carbocycles. The molecule has 0 bridgehead atoms. The summed E-state index contributed by atoms with van der Waals surface area (Å²) in [5, 5.41) is 8.70. The third kappa shape index (κ3) is 6.41. The highest BCUT2D eigenvalue weighted by Gasteiger charge is 2.23. The first-order valence-corrected chi connectivity index (χ1v) is 6.98. The first kappa shape index (κ1) is 15.7. The van der Waals surface area contributed by atoms with Gasteiger partial charge in [-0.15, -0.1) is 0 Å². The molecule has 0 spiro atoms. The molecule has 0 radical (unpaired) electrons. The second kappa shape index (κ2) is 6.73. The van der Waals surface area contributed by atoms with E-state index in [0.717, 1.165) is 19.4 Å².